The van der Waals surface area contributed by atoms with Crippen molar-refractivity contribution in [2.75, 3.05) is 6.61 Å². The molecule has 5 heteroatoms. The van der Waals surface area contributed by atoms with Gasteiger partial charge in [-0.1, -0.05) is 30.3 Å². The van der Waals surface area contributed by atoms with Crippen LogP contribution in [0.1, 0.15) is 18.8 Å². The second-order valence-electron chi connectivity index (χ2n) is 3.46. The highest BCUT2D eigenvalue weighted by Gasteiger charge is 2.36. The molecule has 0 saturated carbocycles. The van der Waals surface area contributed by atoms with E-state index in [1.807, 2.05) is 30.3 Å². The van der Waals surface area contributed by atoms with Gasteiger partial charge in [0, 0.05) is 5.56 Å². The lowest BCUT2D eigenvalue weighted by Gasteiger charge is -2.33. The molecule has 2 rings (SSSR count). The van der Waals surface area contributed by atoms with Crippen LogP contribution in [-0.4, -0.2) is 17.7 Å². The predicted molar refractivity (Wildman–Crippen MR) is 49.4 cm³/mol. The molecule has 15 heavy (non-hydrogen) atoms. The topological polar surface area (TPSA) is 57.2 Å². The fourth-order valence-electron chi connectivity index (χ4n) is 1.23. The number of hydrogen-bond acceptors (Lipinski definition) is 5. The van der Waals surface area contributed by atoms with Gasteiger partial charge in [0.05, 0.1) is 0 Å². The SMILES string of the molecule is CC1(OO)COC(c2ccccc2)OO1. The third kappa shape index (κ3) is 2.34. The van der Waals surface area contributed by atoms with Gasteiger partial charge in [-0.25, -0.2) is 5.26 Å². The molecule has 82 valence electrons. The molecule has 0 bridgehead atoms. The lowest BCUT2D eigenvalue weighted by atomic mass is 10.2. The van der Waals surface area contributed by atoms with Crippen LogP contribution in [0.4, 0.5) is 0 Å². The number of benzene rings is 1. The van der Waals surface area contributed by atoms with Crippen molar-refractivity contribution in [1.29, 1.82) is 0 Å². The normalized spacial score (nSPS) is 31.5. The van der Waals surface area contributed by atoms with Crippen LogP contribution in [-0.2, 0) is 19.4 Å². The van der Waals surface area contributed by atoms with Crippen LogP contribution >= 0.6 is 0 Å². The molecular formula is C10H12O5. The Morgan fingerprint density at radius 2 is 2.13 bits per heavy atom. The summed E-state index contributed by atoms with van der Waals surface area (Å²) in [6.07, 6.45) is -0.588. The highest BCUT2D eigenvalue weighted by atomic mass is 17.3. The molecule has 1 saturated heterocycles. The van der Waals surface area contributed by atoms with E-state index in [1.54, 1.807) is 0 Å². The molecular weight excluding hydrogens is 200 g/mol. The van der Waals surface area contributed by atoms with Crippen LogP contribution in [0.15, 0.2) is 30.3 Å². The van der Waals surface area contributed by atoms with Crippen molar-refractivity contribution in [3.63, 3.8) is 0 Å². The Morgan fingerprint density at radius 1 is 1.40 bits per heavy atom. The van der Waals surface area contributed by atoms with Crippen LogP contribution in [0.25, 0.3) is 0 Å². The maximum Gasteiger partial charge on any atom is 0.254 e. The smallest absolute Gasteiger partial charge is 0.254 e. The maximum atomic E-state index is 8.52. The Labute approximate surface area is 87.0 Å². The van der Waals surface area contributed by atoms with Crippen molar-refractivity contribution >= 4 is 0 Å². The van der Waals surface area contributed by atoms with E-state index in [0.29, 0.717) is 0 Å². The van der Waals surface area contributed by atoms with Gasteiger partial charge in [-0.2, -0.15) is 14.7 Å². The molecule has 1 N–H and O–H groups in total. The van der Waals surface area contributed by atoms with Crippen molar-refractivity contribution in [3.8, 4) is 0 Å². The van der Waals surface area contributed by atoms with Gasteiger partial charge in [0.25, 0.3) is 5.79 Å². The Bertz CT molecular complexity index is 305. The van der Waals surface area contributed by atoms with Crippen LogP contribution in [0, 0.1) is 0 Å². The Morgan fingerprint density at radius 3 is 2.67 bits per heavy atom. The third-order valence-electron chi connectivity index (χ3n) is 2.07. The van der Waals surface area contributed by atoms with Crippen molar-refractivity contribution in [2.24, 2.45) is 0 Å². The van der Waals surface area contributed by atoms with Crippen molar-refractivity contribution in [3.05, 3.63) is 35.9 Å². The van der Waals surface area contributed by atoms with Crippen LogP contribution in [0.3, 0.4) is 0 Å². The molecule has 1 aliphatic rings. The van der Waals surface area contributed by atoms with Gasteiger partial charge in [-0.3, -0.25) is 0 Å². The quantitative estimate of drug-likeness (QED) is 0.599. The van der Waals surface area contributed by atoms with Crippen molar-refractivity contribution in [1.82, 2.24) is 0 Å². The van der Waals surface area contributed by atoms with Gasteiger partial charge < -0.3 is 4.74 Å². The van der Waals surface area contributed by atoms with Gasteiger partial charge in [-0.05, 0) is 6.92 Å². The molecule has 1 aromatic rings. The zero-order valence-corrected chi connectivity index (χ0v) is 8.25. The molecule has 0 spiro atoms. The minimum Gasteiger partial charge on any atom is -0.340 e. The summed E-state index contributed by atoms with van der Waals surface area (Å²) in [5.41, 5.74) is 0.845. The summed E-state index contributed by atoms with van der Waals surface area (Å²) in [5.74, 6) is -1.26. The average Bonchev–Trinajstić information content (AvgIpc) is 2.31. The van der Waals surface area contributed by atoms with Gasteiger partial charge in [0.15, 0.2) is 0 Å². The molecule has 5 nitrogen and oxygen atoms in total. The summed E-state index contributed by atoms with van der Waals surface area (Å²) in [4.78, 5) is 13.9. The first kappa shape index (κ1) is 10.5. The van der Waals surface area contributed by atoms with Gasteiger partial charge in [0.1, 0.15) is 6.61 Å². The molecule has 0 aliphatic carbocycles. The van der Waals surface area contributed by atoms with E-state index < -0.39 is 12.1 Å². The lowest BCUT2D eigenvalue weighted by molar-refractivity contribution is -0.561. The summed E-state index contributed by atoms with van der Waals surface area (Å²) in [5, 5.41) is 8.52. The largest absolute Gasteiger partial charge is 0.340 e. The Kier molecular flexibility index (Phi) is 2.99. The van der Waals surface area contributed by atoms with E-state index in [1.165, 1.54) is 6.92 Å². The van der Waals surface area contributed by atoms with E-state index in [0.717, 1.165) is 5.56 Å². The zero-order chi connectivity index (χ0) is 10.7. The molecule has 1 aromatic carbocycles. The molecule has 0 amide bonds. The molecule has 1 fully saturated rings. The summed E-state index contributed by atoms with van der Waals surface area (Å²) in [6.45, 7) is 1.59. The molecule has 1 heterocycles. The van der Waals surface area contributed by atoms with Gasteiger partial charge in [0.2, 0.25) is 6.29 Å². The Hall–Kier alpha value is -0.980. The van der Waals surface area contributed by atoms with E-state index >= 15 is 0 Å². The molecule has 1 aliphatic heterocycles. The zero-order valence-electron chi connectivity index (χ0n) is 8.25. The highest BCUT2D eigenvalue weighted by Crippen LogP contribution is 2.28. The monoisotopic (exact) mass is 212 g/mol. The van der Waals surface area contributed by atoms with E-state index in [9.17, 15) is 0 Å². The molecule has 2 unspecified atom stereocenters. The molecule has 0 aromatic heterocycles. The number of ether oxygens (including phenoxy) is 1. The Balaban J connectivity index is 2.00. The van der Waals surface area contributed by atoms with Gasteiger partial charge in [-0.15, -0.1) is 0 Å². The lowest BCUT2D eigenvalue weighted by Crippen LogP contribution is -2.42. The van der Waals surface area contributed by atoms with E-state index in [4.69, 9.17) is 19.8 Å². The maximum absolute atomic E-state index is 8.52. The summed E-state index contributed by atoms with van der Waals surface area (Å²) in [6, 6.07) is 9.36. The summed E-state index contributed by atoms with van der Waals surface area (Å²) in [7, 11) is 0. The predicted octanol–water partition coefficient (Wildman–Crippen LogP) is 1.87. The number of hydrogen-bond donors (Lipinski definition) is 1. The van der Waals surface area contributed by atoms with Crippen LogP contribution in [0.5, 0.6) is 0 Å². The first-order chi connectivity index (χ1) is 7.23. The minimum atomic E-state index is -1.26. The molecule has 2 atom stereocenters. The standard InChI is InChI=1S/C10H12O5/c1-10(14-11)7-12-9(13-15-10)8-5-3-2-4-6-8/h2-6,9,11H,7H2,1H3. The fraction of sp³-hybridized carbons (Fsp3) is 0.400. The second-order valence-corrected chi connectivity index (χ2v) is 3.46. The highest BCUT2D eigenvalue weighted by molar-refractivity contribution is 5.15. The third-order valence-corrected chi connectivity index (χ3v) is 2.07. The second kappa shape index (κ2) is 4.26. The van der Waals surface area contributed by atoms with E-state index in [2.05, 4.69) is 4.89 Å². The van der Waals surface area contributed by atoms with Crippen molar-refractivity contribution < 1.29 is 24.7 Å². The molecule has 0 radical (unpaired) electrons. The fourth-order valence-corrected chi connectivity index (χ4v) is 1.23. The summed E-state index contributed by atoms with van der Waals surface area (Å²) >= 11 is 0. The van der Waals surface area contributed by atoms with Crippen LogP contribution < -0.4 is 0 Å². The van der Waals surface area contributed by atoms with E-state index in [-0.39, 0.29) is 6.61 Å². The van der Waals surface area contributed by atoms with Crippen LogP contribution in [0.2, 0.25) is 0 Å². The summed E-state index contributed by atoms with van der Waals surface area (Å²) < 4.78 is 5.34. The first-order valence-corrected chi connectivity index (χ1v) is 4.57. The minimum absolute atomic E-state index is 0.0864. The average molecular weight is 212 g/mol. The number of rotatable bonds is 2. The first-order valence-electron chi connectivity index (χ1n) is 4.57. The van der Waals surface area contributed by atoms with Crippen molar-refractivity contribution in [2.45, 2.75) is 19.0 Å². The van der Waals surface area contributed by atoms with Gasteiger partial charge >= 0.3 is 0 Å².